The first-order chi connectivity index (χ1) is 9.60. The van der Waals surface area contributed by atoms with Gasteiger partial charge in [0, 0.05) is 23.3 Å². The van der Waals surface area contributed by atoms with E-state index < -0.39 is 6.09 Å². The first-order valence-electron chi connectivity index (χ1n) is 6.18. The Kier molecular flexibility index (Phi) is 4.49. The van der Waals surface area contributed by atoms with Gasteiger partial charge in [-0.2, -0.15) is 0 Å². The molecule has 3 aliphatic rings. The first kappa shape index (κ1) is 14.9. The number of methoxy groups -OCH3 is 1. The minimum absolute atomic E-state index is 0.0905. The molecule has 4 unspecified atom stereocenters. The van der Waals surface area contributed by atoms with E-state index in [4.69, 9.17) is 4.74 Å². The highest BCUT2D eigenvalue weighted by Gasteiger charge is 2.51. The average Bonchev–Trinajstić information content (AvgIpc) is 2.44. The number of piperidine rings is 1. The monoisotopic (exact) mass is 351 g/mol. The summed E-state index contributed by atoms with van der Waals surface area (Å²) in [7, 11) is 7.02. The van der Waals surface area contributed by atoms with E-state index in [-0.39, 0.29) is 32.8 Å². The molecule has 0 bridgehead atoms. The van der Waals surface area contributed by atoms with Gasteiger partial charge in [-0.05, 0) is 28.0 Å². The highest BCUT2D eigenvalue weighted by molar-refractivity contribution is 8.83. The number of rotatable bonds is 0. The quantitative estimate of drug-likeness (QED) is 0.617. The predicted octanol–water partition coefficient (Wildman–Crippen LogP) is 2.56. The molecule has 0 N–H and O–H groups in total. The summed E-state index contributed by atoms with van der Waals surface area (Å²) >= 11 is 0. The number of hydrogen-bond donors (Lipinski definition) is 0. The number of hydrogen-bond acceptors (Lipinski definition) is 8. The van der Waals surface area contributed by atoms with E-state index in [1.807, 2.05) is 0 Å². The van der Waals surface area contributed by atoms with Crippen LogP contribution in [0.25, 0.3) is 0 Å². The van der Waals surface area contributed by atoms with Crippen LogP contribution in [0.3, 0.4) is 0 Å². The lowest BCUT2D eigenvalue weighted by Crippen LogP contribution is -2.61. The van der Waals surface area contributed by atoms with Crippen molar-refractivity contribution < 1.29 is 19.1 Å². The van der Waals surface area contributed by atoms with Crippen molar-refractivity contribution in [2.45, 2.75) is 41.8 Å². The van der Waals surface area contributed by atoms with Crippen LogP contribution in [0.5, 0.6) is 0 Å². The van der Waals surface area contributed by atoms with Gasteiger partial charge < -0.3 is 4.74 Å². The summed E-state index contributed by atoms with van der Waals surface area (Å²) in [5.41, 5.74) is 0. The van der Waals surface area contributed by atoms with Gasteiger partial charge in [0.25, 0.3) is 0 Å². The van der Waals surface area contributed by atoms with E-state index in [0.717, 1.165) is 6.42 Å². The summed E-state index contributed by atoms with van der Waals surface area (Å²) in [6.07, 6.45) is 1.22. The molecule has 0 saturated carbocycles. The number of amides is 1. The normalized spacial score (nSPS) is 37.1. The maximum absolute atomic E-state index is 12.1. The van der Waals surface area contributed by atoms with Crippen LogP contribution in [0, 0.1) is 0 Å². The molecule has 3 rings (SSSR count). The largest absolute Gasteiger partial charge is 0.453 e. The van der Waals surface area contributed by atoms with Gasteiger partial charge in [0.15, 0.2) is 0 Å². The van der Waals surface area contributed by atoms with E-state index in [1.54, 1.807) is 26.5 Å². The first-order valence-corrected chi connectivity index (χ1v) is 10.6. The Morgan fingerprint density at radius 1 is 1.10 bits per heavy atom. The lowest BCUT2D eigenvalue weighted by atomic mass is 9.91. The number of nitrogens with zero attached hydrogens (tertiary/aromatic N) is 1. The van der Waals surface area contributed by atoms with Crippen LogP contribution in [0.2, 0.25) is 0 Å². The molecule has 3 heterocycles. The molecule has 0 aromatic heterocycles. The molecule has 110 valence electrons. The second-order valence-electron chi connectivity index (χ2n) is 4.84. The van der Waals surface area contributed by atoms with Crippen LogP contribution < -0.4 is 0 Å². The van der Waals surface area contributed by atoms with E-state index in [0.29, 0.717) is 12.8 Å². The van der Waals surface area contributed by atoms with E-state index in [2.05, 4.69) is 0 Å². The molecular formula is C11H13NO4S4. The molecule has 0 aromatic carbocycles. The Hall–Kier alpha value is 0.01000. The van der Waals surface area contributed by atoms with Gasteiger partial charge in [0.2, 0.25) is 10.2 Å². The third-order valence-corrected chi connectivity index (χ3v) is 9.28. The third kappa shape index (κ3) is 2.69. The lowest BCUT2D eigenvalue weighted by Gasteiger charge is -2.50. The van der Waals surface area contributed by atoms with Crippen molar-refractivity contribution in [1.82, 2.24) is 4.90 Å². The Morgan fingerprint density at radius 2 is 1.60 bits per heavy atom. The second-order valence-corrected chi connectivity index (χ2v) is 9.83. The summed E-state index contributed by atoms with van der Waals surface area (Å²) in [6, 6.07) is -0.280. The van der Waals surface area contributed by atoms with Gasteiger partial charge in [0.05, 0.1) is 19.2 Å². The van der Waals surface area contributed by atoms with Gasteiger partial charge in [0.1, 0.15) is 0 Å². The zero-order chi connectivity index (χ0) is 14.3. The minimum Gasteiger partial charge on any atom is -0.453 e. The average molecular weight is 351 g/mol. The molecule has 0 aromatic rings. The Balaban J connectivity index is 1.90. The fourth-order valence-corrected chi connectivity index (χ4v) is 8.21. The van der Waals surface area contributed by atoms with Crippen molar-refractivity contribution in [2.24, 2.45) is 0 Å². The molecule has 1 amide bonds. The molecule has 20 heavy (non-hydrogen) atoms. The molecule has 5 nitrogen and oxygen atoms in total. The summed E-state index contributed by atoms with van der Waals surface area (Å²) in [6.45, 7) is 0. The standard InChI is InChI=1S/C11H13NO4S4/c1-16-11(15)12-5-2-9(13)19-17-7(5)4-8-6(12)3-10(14)20-18-8/h5-8H,2-4H2,1H3. The van der Waals surface area contributed by atoms with Crippen molar-refractivity contribution >= 4 is 59.5 Å². The number of likely N-dealkylation sites (tertiary alicyclic amines) is 1. The van der Waals surface area contributed by atoms with Crippen molar-refractivity contribution in [3.8, 4) is 0 Å². The molecule has 0 spiro atoms. The van der Waals surface area contributed by atoms with Crippen LogP contribution in [-0.2, 0) is 14.3 Å². The topological polar surface area (TPSA) is 63.7 Å². The fourth-order valence-electron chi connectivity index (χ4n) is 2.83. The second kappa shape index (κ2) is 6.02. The number of carbonyl (C=O) groups is 3. The number of carbonyl (C=O) groups excluding carboxylic acids is 3. The van der Waals surface area contributed by atoms with Gasteiger partial charge in [-0.1, -0.05) is 21.6 Å². The molecule has 3 saturated heterocycles. The van der Waals surface area contributed by atoms with E-state index in [9.17, 15) is 14.4 Å². The highest BCUT2D eigenvalue weighted by Crippen LogP contribution is 2.51. The smallest absolute Gasteiger partial charge is 0.410 e. The Bertz CT molecular complexity index is 428. The molecule has 4 atom stereocenters. The van der Waals surface area contributed by atoms with Crippen LogP contribution in [0.4, 0.5) is 4.79 Å². The van der Waals surface area contributed by atoms with Crippen LogP contribution in [0.1, 0.15) is 19.3 Å². The zero-order valence-corrected chi connectivity index (χ0v) is 13.9. The molecule has 0 aliphatic carbocycles. The zero-order valence-electron chi connectivity index (χ0n) is 10.6. The minimum atomic E-state index is -0.421. The van der Waals surface area contributed by atoms with E-state index >= 15 is 0 Å². The fraction of sp³-hybridized carbons (Fsp3) is 0.727. The van der Waals surface area contributed by atoms with Crippen LogP contribution >= 0.6 is 43.2 Å². The van der Waals surface area contributed by atoms with Crippen LogP contribution in [-0.4, -0.2) is 50.9 Å². The van der Waals surface area contributed by atoms with Gasteiger partial charge >= 0.3 is 6.09 Å². The third-order valence-electron chi connectivity index (χ3n) is 3.70. The van der Waals surface area contributed by atoms with Crippen molar-refractivity contribution in [1.29, 1.82) is 0 Å². The Labute approximate surface area is 132 Å². The maximum Gasteiger partial charge on any atom is 0.410 e. The SMILES string of the molecule is COC(=O)N1C2CC(=O)SSC2CC2SSC(=O)CC21. The molecular weight excluding hydrogens is 338 g/mol. The van der Waals surface area contributed by atoms with Crippen LogP contribution in [0.15, 0.2) is 0 Å². The molecule has 9 heteroatoms. The molecule has 0 radical (unpaired) electrons. The highest BCUT2D eigenvalue weighted by atomic mass is 33.1. The summed E-state index contributed by atoms with van der Waals surface area (Å²) in [5.74, 6) is 0. The Morgan fingerprint density at radius 3 is 2.05 bits per heavy atom. The summed E-state index contributed by atoms with van der Waals surface area (Å²) in [4.78, 5) is 37.2. The van der Waals surface area contributed by atoms with Crippen molar-refractivity contribution in [3.63, 3.8) is 0 Å². The summed E-state index contributed by atoms with van der Waals surface area (Å²) < 4.78 is 4.89. The molecule has 3 fully saturated rings. The summed E-state index contributed by atoms with van der Waals surface area (Å²) in [5, 5.41) is 0.652. The van der Waals surface area contributed by atoms with Gasteiger partial charge in [-0.15, -0.1) is 0 Å². The van der Waals surface area contributed by atoms with Crippen molar-refractivity contribution in [3.05, 3.63) is 0 Å². The predicted molar refractivity (Wildman–Crippen MR) is 83.6 cm³/mol. The van der Waals surface area contributed by atoms with E-state index in [1.165, 1.54) is 28.7 Å². The van der Waals surface area contributed by atoms with Crippen molar-refractivity contribution in [2.75, 3.05) is 7.11 Å². The lowest BCUT2D eigenvalue weighted by molar-refractivity contribution is -0.113. The van der Waals surface area contributed by atoms with Gasteiger partial charge in [-0.25, -0.2) is 4.79 Å². The number of fused-ring (bicyclic) bond motifs is 2. The number of ether oxygens (including phenoxy) is 1. The maximum atomic E-state index is 12.1. The molecule has 3 aliphatic heterocycles. The van der Waals surface area contributed by atoms with Gasteiger partial charge in [-0.3, -0.25) is 14.5 Å².